The van der Waals surface area contributed by atoms with Crippen LogP contribution in [-0.4, -0.2) is 18.8 Å². The van der Waals surface area contributed by atoms with Gasteiger partial charge in [-0.05, 0) is 24.1 Å². The van der Waals surface area contributed by atoms with Gasteiger partial charge >= 0.3 is 5.97 Å². The smallest absolute Gasteiger partial charge is 0.315 e. The molecule has 0 saturated carbocycles. The molecule has 1 rings (SSSR count). The molecule has 0 unspecified atom stereocenters. The molecule has 0 aromatic heterocycles. The Bertz CT molecular complexity index is 352. The second kappa shape index (κ2) is 6.18. The largest absolute Gasteiger partial charge is 0.468 e. The van der Waals surface area contributed by atoms with E-state index in [0.29, 0.717) is 5.75 Å². The molecule has 82 valence electrons. The van der Waals surface area contributed by atoms with Gasteiger partial charge in [-0.1, -0.05) is 28.1 Å². The number of benzene rings is 1. The highest BCUT2D eigenvalue weighted by Gasteiger charge is 2.03. The molecular weight excluding hydrogens is 276 g/mol. The molecule has 0 aliphatic rings. The Morgan fingerprint density at radius 2 is 2.27 bits per heavy atom. The van der Waals surface area contributed by atoms with Gasteiger partial charge in [0.25, 0.3) is 0 Å². The van der Waals surface area contributed by atoms with Gasteiger partial charge in [-0.25, -0.2) is 0 Å². The number of hydrogen-bond acceptors (Lipinski definition) is 3. The van der Waals surface area contributed by atoms with Gasteiger partial charge in [0, 0.05) is 10.2 Å². The van der Waals surface area contributed by atoms with Crippen molar-refractivity contribution in [1.82, 2.24) is 0 Å². The Hall–Kier alpha value is -0.480. The number of rotatable bonds is 4. The molecule has 0 atom stereocenters. The quantitative estimate of drug-likeness (QED) is 0.796. The van der Waals surface area contributed by atoms with Crippen LogP contribution in [0.1, 0.15) is 11.1 Å². The summed E-state index contributed by atoms with van der Waals surface area (Å²) < 4.78 is 5.66. The minimum Gasteiger partial charge on any atom is -0.468 e. The Morgan fingerprint density at radius 3 is 2.87 bits per heavy atom. The fraction of sp³-hybridized carbons (Fsp3) is 0.364. The Labute approximate surface area is 103 Å². The highest BCUT2D eigenvalue weighted by Crippen LogP contribution is 2.22. The minimum absolute atomic E-state index is 0.178. The molecule has 2 nitrogen and oxygen atoms in total. The van der Waals surface area contributed by atoms with Gasteiger partial charge in [0.15, 0.2) is 0 Å². The van der Waals surface area contributed by atoms with E-state index in [1.165, 1.54) is 18.2 Å². The maximum atomic E-state index is 10.9. The van der Waals surface area contributed by atoms with Crippen molar-refractivity contribution in [3.8, 4) is 0 Å². The summed E-state index contributed by atoms with van der Waals surface area (Å²) in [6.45, 7) is 2.05. The Morgan fingerprint density at radius 1 is 1.53 bits per heavy atom. The first-order chi connectivity index (χ1) is 7.13. The monoisotopic (exact) mass is 288 g/mol. The van der Waals surface area contributed by atoms with Crippen LogP contribution in [0.3, 0.4) is 0 Å². The zero-order valence-corrected chi connectivity index (χ0v) is 11.2. The van der Waals surface area contributed by atoms with Gasteiger partial charge in [0.2, 0.25) is 0 Å². The van der Waals surface area contributed by atoms with Crippen LogP contribution in [-0.2, 0) is 15.3 Å². The molecule has 0 spiro atoms. The van der Waals surface area contributed by atoms with Gasteiger partial charge < -0.3 is 4.74 Å². The van der Waals surface area contributed by atoms with Crippen molar-refractivity contribution in [3.05, 3.63) is 33.8 Å². The van der Waals surface area contributed by atoms with Gasteiger partial charge in [0.05, 0.1) is 12.9 Å². The van der Waals surface area contributed by atoms with Gasteiger partial charge in [-0.3, -0.25) is 4.79 Å². The summed E-state index contributed by atoms with van der Waals surface area (Å²) in [6.07, 6.45) is 0. The van der Waals surface area contributed by atoms with Crippen molar-refractivity contribution in [2.75, 3.05) is 12.9 Å². The molecule has 0 bridgehead atoms. The molecule has 0 N–H and O–H groups in total. The zero-order chi connectivity index (χ0) is 11.3. The highest BCUT2D eigenvalue weighted by molar-refractivity contribution is 9.10. The van der Waals surface area contributed by atoms with Gasteiger partial charge in [-0.2, -0.15) is 0 Å². The highest BCUT2D eigenvalue weighted by atomic mass is 79.9. The van der Waals surface area contributed by atoms with E-state index in [4.69, 9.17) is 0 Å². The lowest BCUT2D eigenvalue weighted by atomic mass is 10.2. The molecule has 1 aromatic rings. The van der Waals surface area contributed by atoms with E-state index in [2.05, 4.69) is 45.8 Å². The molecule has 0 saturated heterocycles. The predicted molar refractivity (Wildman–Crippen MR) is 67.1 cm³/mol. The van der Waals surface area contributed by atoms with E-state index < -0.39 is 0 Å². The van der Waals surface area contributed by atoms with Crippen LogP contribution in [0.15, 0.2) is 22.7 Å². The summed E-state index contributed by atoms with van der Waals surface area (Å²) >= 11 is 5.06. The molecule has 15 heavy (non-hydrogen) atoms. The van der Waals surface area contributed by atoms with Crippen LogP contribution in [0.25, 0.3) is 0 Å². The third-order valence-electron chi connectivity index (χ3n) is 1.91. The summed E-state index contributed by atoms with van der Waals surface area (Å²) in [7, 11) is 1.41. The number of halogens is 1. The summed E-state index contributed by atoms with van der Waals surface area (Å²) in [5, 5.41) is 0. The number of hydrogen-bond donors (Lipinski definition) is 0. The average molecular weight is 289 g/mol. The fourth-order valence-electron chi connectivity index (χ4n) is 1.07. The van der Waals surface area contributed by atoms with Crippen molar-refractivity contribution in [2.45, 2.75) is 12.7 Å². The van der Waals surface area contributed by atoms with E-state index in [1.54, 1.807) is 11.8 Å². The minimum atomic E-state index is -0.178. The SMILES string of the molecule is COC(=O)CSCc1ccc(C)cc1Br. The molecule has 0 aliphatic heterocycles. The number of thioether (sulfide) groups is 1. The van der Waals surface area contributed by atoms with E-state index in [1.807, 2.05) is 0 Å². The normalized spacial score (nSPS) is 10.1. The van der Waals surface area contributed by atoms with Gasteiger partial charge in [-0.15, -0.1) is 11.8 Å². The summed E-state index contributed by atoms with van der Waals surface area (Å²) in [5.74, 6) is 1.04. The van der Waals surface area contributed by atoms with E-state index in [-0.39, 0.29) is 5.97 Å². The number of carbonyl (C=O) groups is 1. The van der Waals surface area contributed by atoms with Gasteiger partial charge in [0.1, 0.15) is 0 Å². The van der Waals surface area contributed by atoms with E-state index in [0.717, 1.165) is 10.2 Å². The number of methoxy groups -OCH3 is 1. The fourth-order valence-corrected chi connectivity index (χ4v) is 2.75. The lowest BCUT2D eigenvalue weighted by Gasteiger charge is -2.04. The van der Waals surface area contributed by atoms with Crippen LogP contribution < -0.4 is 0 Å². The number of aryl methyl sites for hydroxylation is 1. The van der Waals surface area contributed by atoms with Crippen molar-refractivity contribution in [2.24, 2.45) is 0 Å². The first-order valence-corrected chi connectivity index (χ1v) is 6.48. The number of carbonyl (C=O) groups excluding carboxylic acids is 1. The van der Waals surface area contributed by atoms with Crippen LogP contribution in [0.2, 0.25) is 0 Å². The molecule has 0 aliphatic carbocycles. The maximum absolute atomic E-state index is 10.9. The zero-order valence-electron chi connectivity index (χ0n) is 8.75. The summed E-state index contributed by atoms with van der Waals surface area (Å²) in [5.41, 5.74) is 2.43. The summed E-state index contributed by atoms with van der Waals surface area (Å²) in [6, 6.07) is 6.22. The van der Waals surface area contributed by atoms with E-state index in [9.17, 15) is 4.79 Å². The standard InChI is InChI=1S/C11H13BrO2S/c1-8-3-4-9(10(12)5-8)6-15-7-11(13)14-2/h3-5H,6-7H2,1-2H3. The molecule has 0 heterocycles. The third-order valence-corrected chi connectivity index (χ3v) is 3.61. The predicted octanol–water partition coefficient (Wildman–Crippen LogP) is 3.16. The first-order valence-electron chi connectivity index (χ1n) is 4.53. The van der Waals surface area contributed by atoms with Crippen LogP contribution in [0.4, 0.5) is 0 Å². The van der Waals surface area contributed by atoms with Crippen molar-refractivity contribution < 1.29 is 9.53 Å². The molecule has 0 fully saturated rings. The summed E-state index contributed by atoms with van der Waals surface area (Å²) in [4.78, 5) is 10.9. The third kappa shape index (κ3) is 4.26. The van der Waals surface area contributed by atoms with Crippen molar-refractivity contribution >= 4 is 33.7 Å². The number of ether oxygens (including phenoxy) is 1. The molecule has 4 heteroatoms. The number of esters is 1. The Balaban J connectivity index is 2.47. The lowest BCUT2D eigenvalue weighted by molar-refractivity contribution is -0.137. The van der Waals surface area contributed by atoms with Crippen molar-refractivity contribution in [3.63, 3.8) is 0 Å². The molecule has 0 radical (unpaired) electrons. The first kappa shape index (κ1) is 12.6. The molecular formula is C11H13BrO2S. The lowest BCUT2D eigenvalue weighted by Crippen LogP contribution is -2.03. The van der Waals surface area contributed by atoms with Crippen LogP contribution >= 0.6 is 27.7 Å². The molecule has 0 amide bonds. The Kier molecular flexibility index (Phi) is 5.19. The second-order valence-electron chi connectivity index (χ2n) is 3.16. The van der Waals surface area contributed by atoms with Crippen LogP contribution in [0, 0.1) is 6.92 Å². The van der Waals surface area contributed by atoms with Crippen molar-refractivity contribution in [1.29, 1.82) is 0 Å². The maximum Gasteiger partial charge on any atom is 0.315 e. The van der Waals surface area contributed by atoms with E-state index >= 15 is 0 Å². The topological polar surface area (TPSA) is 26.3 Å². The molecule has 1 aromatic carbocycles. The second-order valence-corrected chi connectivity index (χ2v) is 5.00. The average Bonchev–Trinajstić information content (AvgIpc) is 2.21. The van der Waals surface area contributed by atoms with Crippen LogP contribution in [0.5, 0.6) is 0 Å².